The molecule has 0 saturated heterocycles. The van der Waals surface area contributed by atoms with Crippen LogP contribution in [0.5, 0.6) is 0 Å². The molecular formula is C38H28N2OS. The minimum atomic E-state index is 0.582. The van der Waals surface area contributed by atoms with Gasteiger partial charge in [-0.1, -0.05) is 92.1 Å². The van der Waals surface area contributed by atoms with Crippen LogP contribution in [0.2, 0.25) is 0 Å². The first-order valence-electron chi connectivity index (χ1n) is 14.9. The van der Waals surface area contributed by atoms with E-state index in [0.717, 1.165) is 33.1 Å². The van der Waals surface area contributed by atoms with Crippen molar-refractivity contribution in [3.05, 3.63) is 109 Å². The Hall–Kier alpha value is -4.54. The summed E-state index contributed by atoms with van der Waals surface area (Å²) in [4.78, 5) is 9.63. The van der Waals surface area contributed by atoms with Crippen LogP contribution in [0.3, 0.4) is 0 Å². The van der Waals surface area contributed by atoms with E-state index in [1.54, 1.807) is 5.56 Å². The number of para-hydroxylation sites is 2. The lowest BCUT2D eigenvalue weighted by Gasteiger charge is -2.22. The molecule has 1 aliphatic rings. The molecule has 0 amide bonds. The fourth-order valence-electron chi connectivity index (χ4n) is 6.99. The summed E-state index contributed by atoms with van der Waals surface area (Å²) >= 11 is 1.98. The van der Waals surface area contributed by atoms with Crippen molar-refractivity contribution in [2.75, 3.05) is 0 Å². The predicted octanol–water partition coefficient (Wildman–Crippen LogP) is 11.3. The molecule has 0 radical (unpaired) electrons. The third kappa shape index (κ3) is 3.79. The molecule has 0 unspecified atom stereocenters. The monoisotopic (exact) mass is 560 g/mol. The zero-order valence-corrected chi connectivity index (χ0v) is 24.0. The first-order chi connectivity index (χ1) is 20.8. The SMILES string of the molecule is c1cc(-c2ccc3oc4nc5ccccc5nc4c3c2)cc(-c2cccc3c2sc2c(C4CCCCC4)cccc23)c1. The maximum Gasteiger partial charge on any atom is 0.246 e. The summed E-state index contributed by atoms with van der Waals surface area (Å²) in [6, 6.07) is 37.0. The van der Waals surface area contributed by atoms with E-state index in [1.165, 1.54) is 69.0 Å². The first-order valence-corrected chi connectivity index (χ1v) is 15.8. The van der Waals surface area contributed by atoms with E-state index in [0.29, 0.717) is 11.6 Å². The molecule has 1 fully saturated rings. The number of nitrogens with zero attached hydrogens (tertiary/aromatic N) is 2. The van der Waals surface area contributed by atoms with Crippen molar-refractivity contribution >= 4 is 64.7 Å². The van der Waals surface area contributed by atoms with Crippen LogP contribution in [0.15, 0.2) is 108 Å². The molecule has 3 nitrogen and oxygen atoms in total. The summed E-state index contributed by atoms with van der Waals surface area (Å²) in [5, 5.41) is 3.77. The summed E-state index contributed by atoms with van der Waals surface area (Å²) in [6.07, 6.45) is 6.73. The second-order valence-electron chi connectivity index (χ2n) is 11.6. The van der Waals surface area contributed by atoms with Gasteiger partial charge in [-0.25, -0.2) is 9.97 Å². The van der Waals surface area contributed by atoms with Crippen molar-refractivity contribution in [1.82, 2.24) is 9.97 Å². The van der Waals surface area contributed by atoms with E-state index in [1.807, 2.05) is 41.7 Å². The van der Waals surface area contributed by atoms with Crippen LogP contribution in [-0.4, -0.2) is 9.97 Å². The van der Waals surface area contributed by atoms with Crippen LogP contribution in [0.4, 0.5) is 0 Å². The molecule has 5 aromatic carbocycles. The van der Waals surface area contributed by atoms with Crippen LogP contribution in [-0.2, 0) is 0 Å². The van der Waals surface area contributed by atoms with Gasteiger partial charge in [0.15, 0.2) is 0 Å². The molecule has 9 rings (SSSR count). The highest BCUT2D eigenvalue weighted by molar-refractivity contribution is 7.26. The number of hydrogen-bond donors (Lipinski definition) is 0. The fourth-order valence-corrected chi connectivity index (χ4v) is 8.42. The topological polar surface area (TPSA) is 38.9 Å². The lowest BCUT2D eigenvalue weighted by Crippen LogP contribution is -2.04. The molecule has 1 aliphatic carbocycles. The highest BCUT2D eigenvalue weighted by Crippen LogP contribution is 2.45. The lowest BCUT2D eigenvalue weighted by atomic mass is 9.83. The third-order valence-corrected chi connectivity index (χ3v) is 10.4. The minimum Gasteiger partial charge on any atom is -0.436 e. The van der Waals surface area contributed by atoms with Crippen molar-refractivity contribution in [3.8, 4) is 22.3 Å². The maximum absolute atomic E-state index is 6.10. The molecule has 202 valence electrons. The molecule has 8 aromatic rings. The van der Waals surface area contributed by atoms with E-state index in [9.17, 15) is 0 Å². The number of thiophene rings is 1. The van der Waals surface area contributed by atoms with Crippen LogP contribution in [0.1, 0.15) is 43.6 Å². The Kier molecular flexibility index (Phi) is 5.45. The Morgan fingerprint density at radius 1 is 0.595 bits per heavy atom. The summed E-state index contributed by atoms with van der Waals surface area (Å²) < 4.78 is 8.96. The summed E-state index contributed by atoms with van der Waals surface area (Å²) in [5.74, 6) is 0.693. The number of fused-ring (bicyclic) bond motifs is 7. The van der Waals surface area contributed by atoms with Gasteiger partial charge in [-0.05, 0) is 76.9 Å². The van der Waals surface area contributed by atoms with Crippen LogP contribution in [0.25, 0.3) is 75.7 Å². The maximum atomic E-state index is 6.10. The third-order valence-electron chi connectivity index (χ3n) is 9.09. The molecule has 3 heterocycles. The summed E-state index contributed by atoms with van der Waals surface area (Å²) in [5.41, 5.74) is 10.4. The van der Waals surface area contributed by atoms with Gasteiger partial charge in [-0.3, -0.25) is 0 Å². The van der Waals surface area contributed by atoms with E-state index >= 15 is 0 Å². The largest absolute Gasteiger partial charge is 0.436 e. The van der Waals surface area contributed by atoms with Crippen molar-refractivity contribution in [2.24, 2.45) is 0 Å². The number of benzene rings is 5. The van der Waals surface area contributed by atoms with E-state index < -0.39 is 0 Å². The Labute approximate surface area is 247 Å². The predicted molar refractivity (Wildman–Crippen MR) is 176 cm³/mol. The molecule has 3 aromatic heterocycles. The number of aromatic nitrogens is 2. The van der Waals surface area contributed by atoms with Gasteiger partial charge in [-0.15, -0.1) is 11.3 Å². The highest BCUT2D eigenvalue weighted by atomic mass is 32.1. The Bertz CT molecular complexity index is 2300. The Morgan fingerprint density at radius 3 is 2.21 bits per heavy atom. The van der Waals surface area contributed by atoms with Gasteiger partial charge in [0, 0.05) is 25.6 Å². The summed E-state index contributed by atoms with van der Waals surface area (Å²) in [6.45, 7) is 0. The van der Waals surface area contributed by atoms with Gasteiger partial charge in [0.25, 0.3) is 0 Å². The zero-order valence-electron chi connectivity index (χ0n) is 23.1. The van der Waals surface area contributed by atoms with Crippen molar-refractivity contribution < 1.29 is 4.42 Å². The average Bonchev–Trinajstić information content (AvgIpc) is 3.61. The van der Waals surface area contributed by atoms with Crippen molar-refractivity contribution in [3.63, 3.8) is 0 Å². The molecule has 0 bridgehead atoms. The molecule has 0 atom stereocenters. The number of rotatable bonds is 3. The Balaban J connectivity index is 1.17. The normalized spacial score (nSPS) is 14.6. The van der Waals surface area contributed by atoms with Gasteiger partial charge in [0.2, 0.25) is 5.71 Å². The van der Waals surface area contributed by atoms with Crippen molar-refractivity contribution in [1.29, 1.82) is 0 Å². The standard InChI is InChI=1S/C38H28N2OS/c1-2-9-23(10-3-1)27-13-7-15-29-30-16-8-14-28(37(30)42-36(27)29)26-12-6-11-24(21-26)25-19-20-34-31(22-25)35-38(41-34)40-33-18-5-4-17-32(33)39-35/h4-8,11-23H,1-3,9-10H2. The van der Waals surface area contributed by atoms with E-state index in [2.05, 4.69) is 72.8 Å². The average molecular weight is 561 g/mol. The molecule has 0 spiro atoms. The van der Waals surface area contributed by atoms with Crippen LogP contribution in [0, 0.1) is 0 Å². The van der Waals surface area contributed by atoms with Gasteiger partial charge < -0.3 is 4.42 Å². The van der Waals surface area contributed by atoms with Crippen LogP contribution >= 0.6 is 11.3 Å². The van der Waals surface area contributed by atoms with Gasteiger partial charge in [0.1, 0.15) is 11.1 Å². The lowest BCUT2D eigenvalue weighted by molar-refractivity contribution is 0.446. The quantitative estimate of drug-likeness (QED) is 0.216. The molecule has 42 heavy (non-hydrogen) atoms. The van der Waals surface area contributed by atoms with Gasteiger partial charge in [0.05, 0.1) is 11.0 Å². The molecule has 1 saturated carbocycles. The van der Waals surface area contributed by atoms with Gasteiger partial charge in [-0.2, -0.15) is 0 Å². The molecular weight excluding hydrogens is 532 g/mol. The van der Waals surface area contributed by atoms with E-state index in [4.69, 9.17) is 14.4 Å². The first kappa shape index (κ1) is 24.1. The Morgan fingerprint density at radius 2 is 1.33 bits per heavy atom. The van der Waals surface area contributed by atoms with Gasteiger partial charge >= 0.3 is 0 Å². The minimum absolute atomic E-state index is 0.582. The molecule has 0 N–H and O–H groups in total. The van der Waals surface area contributed by atoms with Crippen LogP contribution < -0.4 is 0 Å². The van der Waals surface area contributed by atoms with E-state index in [-0.39, 0.29) is 0 Å². The summed E-state index contributed by atoms with van der Waals surface area (Å²) in [7, 11) is 0. The fraction of sp³-hybridized carbons (Fsp3) is 0.158. The second kappa shape index (κ2) is 9.50. The molecule has 0 aliphatic heterocycles. The van der Waals surface area contributed by atoms with Crippen molar-refractivity contribution in [2.45, 2.75) is 38.0 Å². The number of hydrogen-bond acceptors (Lipinski definition) is 4. The second-order valence-corrected chi connectivity index (χ2v) is 12.6. The molecule has 4 heteroatoms. The smallest absolute Gasteiger partial charge is 0.246 e. The number of furan rings is 1. The zero-order chi connectivity index (χ0) is 27.6. The highest BCUT2D eigenvalue weighted by Gasteiger charge is 2.20.